The molecule has 2 aromatic rings. The Bertz CT molecular complexity index is 911. The van der Waals surface area contributed by atoms with Crippen LogP contribution in [0.25, 0.3) is 0 Å². The summed E-state index contributed by atoms with van der Waals surface area (Å²) in [6, 6.07) is 17.3. The van der Waals surface area contributed by atoms with Gasteiger partial charge in [-0.3, -0.25) is 4.79 Å². The zero-order valence-corrected chi connectivity index (χ0v) is 14.4. The number of fused-ring (bicyclic) bond motifs is 2. The van der Waals surface area contributed by atoms with E-state index in [1.807, 2.05) is 66.7 Å². The van der Waals surface area contributed by atoms with Crippen LogP contribution in [0.4, 0.5) is 5.69 Å². The minimum absolute atomic E-state index is 0.0668. The average molecular weight is 344 g/mol. The number of aliphatic imine (C=N–C) groups is 1. The minimum atomic E-state index is 0.0668. The summed E-state index contributed by atoms with van der Waals surface area (Å²) in [6.45, 7) is 1.48. The number of carbonyl (C=O) groups excluding carboxylic acids is 1. The zero-order chi connectivity index (χ0) is 17.8. The molecule has 1 aliphatic heterocycles. The Hall–Kier alpha value is -3.14. The van der Waals surface area contributed by atoms with Gasteiger partial charge in [0.15, 0.2) is 5.78 Å². The highest BCUT2D eigenvalue weighted by Crippen LogP contribution is 2.31. The molecule has 130 valence electrons. The summed E-state index contributed by atoms with van der Waals surface area (Å²) in [5, 5.41) is 3.42. The standard InChI is InChI=1S/C22H20N2O2/c25-22-18-9-4-5-10-20(18)24-21-15-16(11-12-19(21)22)23-13-6-14-26-17-7-2-1-3-8-17/h1-5,7-10,12,15,23H,6,11,13-14H2. The first kappa shape index (κ1) is 16.3. The van der Waals surface area contributed by atoms with Crippen molar-refractivity contribution in [3.8, 4) is 5.75 Å². The van der Waals surface area contributed by atoms with Gasteiger partial charge >= 0.3 is 0 Å². The van der Waals surface area contributed by atoms with Crippen LogP contribution in [0.2, 0.25) is 0 Å². The Kier molecular flexibility index (Phi) is 4.65. The molecule has 26 heavy (non-hydrogen) atoms. The lowest BCUT2D eigenvalue weighted by molar-refractivity contribution is 0.104. The molecule has 0 saturated carbocycles. The molecule has 0 bridgehead atoms. The van der Waals surface area contributed by atoms with Crippen molar-refractivity contribution in [1.29, 1.82) is 0 Å². The zero-order valence-electron chi connectivity index (χ0n) is 14.4. The molecule has 0 atom stereocenters. The fraction of sp³-hybridized carbons (Fsp3) is 0.182. The normalized spacial score (nSPS) is 15.2. The van der Waals surface area contributed by atoms with Crippen LogP contribution in [0.5, 0.6) is 5.75 Å². The van der Waals surface area contributed by atoms with E-state index < -0.39 is 0 Å². The van der Waals surface area contributed by atoms with Gasteiger partial charge in [-0.25, -0.2) is 4.99 Å². The Morgan fingerprint density at radius 3 is 2.73 bits per heavy atom. The summed E-state index contributed by atoms with van der Waals surface area (Å²) in [4.78, 5) is 17.2. The number of ketones is 1. The first-order chi connectivity index (χ1) is 12.8. The highest BCUT2D eigenvalue weighted by molar-refractivity contribution is 6.35. The van der Waals surface area contributed by atoms with Crippen LogP contribution in [0.1, 0.15) is 23.2 Å². The van der Waals surface area contributed by atoms with E-state index in [9.17, 15) is 4.79 Å². The number of ether oxygens (including phenoxy) is 1. The molecule has 0 amide bonds. The Balaban J connectivity index is 1.34. The maximum atomic E-state index is 12.6. The quantitative estimate of drug-likeness (QED) is 0.798. The topological polar surface area (TPSA) is 50.7 Å². The maximum absolute atomic E-state index is 12.6. The molecule has 1 aliphatic carbocycles. The summed E-state index contributed by atoms with van der Waals surface area (Å²) >= 11 is 0. The van der Waals surface area contributed by atoms with Gasteiger partial charge in [0.2, 0.25) is 0 Å². The molecule has 1 N–H and O–H groups in total. The van der Waals surface area contributed by atoms with E-state index in [1.54, 1.807) is 0 Å². The number of allylic oxidation sites excluding steroid dienone is 3. The van der Waals surface area contributed by atoms with Crippen LogP contribution in [0.3, 0.4) is 0 Å². The van der Waals surface area contributed by atoms with Crippen molar-refractivity contribution >= 4 is 17.2 Å². The van der Waals surface area contributed by atoms with Gasteiger partial charge in [0.05, 0.1) is 18.0 Å². The fourth-order valence-electron chi connectivity index (χ4n) is 3.11. The molecule has 0 fully saturated rings. The van der Waals surface area contributed by atoms with Crippen molar-refractivity contribution in [1.82, 2.24) is 5.32 Å². The number of Topliss-reactive ketones (excluding diaryl/α,β-unsaturated/α-hetero) is 1. The largest absolute Gasteiger partial charge is 0.494 e. The monoisotopic (exact) mass is 344 g/mol. The molecular formula is C22H20N2O2. The van der Waals surface area contributed by atoms with Crippen LogP contribution < -0.4 is 10.1 Å². The van der Waals surface area contributed by atoms with Crippen LogP contribution in [0.15, 0.2) is 83.0 Å². The lowest BCUT2D eigenvalue weighted by Crippen LogP contribution is -2.24. The second-order valence-electron chi connectivity index (χ2n) is 6.28. The summed E-state index contributed by atoms with van der Waals surface area (Å²) in [7, 11) is 0. The Morgan fingerprint density at radius 2 is 1.85 bits per heavy atom. The van der Waals surface area contributed by atoms with E-state index in [0.29, 0.717) is 17.7 Å². The molecule has 2 aliphatic rings. The molecule has 0 unspecified atom stereocenters. The van der Waals surface area contributed by atoms with Gasteiger partial charge in [-0.1, -0.05) is 36.4 Å². The predicted molar refractivity (Wildman–Crippen MR) is 103 cm³/mol. The number of hydrogen-bond donors (Lipinski definition) is 1. The molecule has 4 heteroatoms. The fourth-order valence-corrected chi connectivity index (χ4v) is 3.11. The van der Waals surface area contributed by atoms with Crippen LogP contribution in [0, 0.1) is 0 Å². The minimum Gasteiger partial charge on any atom is -0.494 e. The second kappa shape index (κ2) is 7.40. The van der Waals surface area contributed by atoms with Crippen molar-refractivity contribution in [3.05, 3.63) is 83.6 Å². The lowest BCUT2D eigenvalue weighted by Gasteiger charge is -2.21. The number of nitrogens with one attached hydrogen (secondary N) is 1. The first-order valence-corrected chi connectivity index (χ1v) is 8.86. The van der Waals surface area contributed by atoms with E-state index in [-0.39, 0.29) is 5.78 Å². The van der Waals surface area contributed by atoms with Gasteiger partial charge in [0.25, 0.3) is 0 Å². The van der Waals surface area contributed by atoms with Gasteiger partial charge in [-0.2, -0.15) is 0 Å². The molecule has 0 spiro atoms. The van der Waals surface area contributed by atoms with Crippen molar-refractivity contribution in [2.45, 2.75) is 12.8 Å². The molecule has 0 aromatic heterocycles. The summed E-state index contributed by atoms with van der Waals surface area (Å²) < 4.78 is 5.69. The number of para-hydroxylation sites is 2. The number of nitrogens with zero attached hydrogens (tertiary/aromatic N) is 1. The SMILES string of the molecule is O=C1C2=CCC(NCCCOc3ccccc3)=CC2=Nc2ccccc21. The van der Waals surface area contributed by atoms with Gasteiger partial charge in [0, 0.05) is 29.8 Å². The molecule has 4 nitrogen and oxygen atoms in total. The van der Waals surface area contributed by atoms with Crippen molar-refractivity contribution in [2.24, 2.45) is 4.99 Å². The molecule has 1 heterocycles. The highest BCUT2D eigenvalue weighted by atomic mass is 16.5. The molecule has 0 saturated heterocycles. The van der Waals surface area contributed by atoms with Crippen LogP contribution in [-0.2, 0) is 0 Å². The summed E-state index contributed by atoms with van der Waals surface area (Å²) in [6.07, 6.45) is 5.58. The third kappa shape index (κ3) is 3.45. The van der Waals surface area contributed by atoms with E-state index in [1.165, 1.54) is 0 Å². The number of benzene rings is 2. The van der Waals surface area contributed by atoms with Gasteiger partial charge in [-0.05, 0) is 36.8 Å². The van der Waals surface area contributed by atoms with Crippen molar-refractivity contribution in [3.63, 3.8) is 0 Å². The highest BCUT2D eigenvalue weighted by Gasteiger charge is 2.26. The van der Waals surface area contributed by atoms with E-state index in [4.69, 9.17) is 4.74 Å². The van der Waals surface area contributed by atoms with Crippen molar-refractivity contribution < 1.29 is 9.53 Å². The summed E-state index contributed by atoms with van der Waals surface area (Å²) in [5.74, 6) is 0.961. The predicted octanol–water partition coefficient (Wildman–Crippen LogP) is 4.23. The molecular weight excluding hydrogens is 324 g/mol. The van der Waals surface area contributed by atoms with E-state index in [0.717, 1.165) is 42.2 Å². The van der Waals surface area contributed by atoms with Crippen molar-refractivity contribution in [2.75, 3.05) is 13.2 Å². The summed E-state index contributed by atoms with van der Waals surface area (Å²) in [5.41, 5.74) is 3.98. The van der Waals surface area contributed by atoms with Gasteiger partial charge in [-0.15, -0.1) is 0 Å². The maximum Gasteiger partial charge on any atom is 0.197 e. The molecule has 2 aromatic carbocycles. The third-order valence-corrected chi connectivity index (χ3v) is 4.43. The Labute approximate surface area is 152 Å². The first-order valence-electron chi connectivity index (χ1n) is 8.86. The molecule has 0 radical (unpaired) electrons. The third-order valence-electron chi connectivity index (χ3n) is 4.43. The Morgan fingerprint density at radius 1 is 1.04 bits per heavy atom. The number of hydrogen-bond acceptors (Lipinski definition) is 4. The van der Waals surface area contributed by atoms with E-state index in [2.05, 4.69) is 10.3 Å². The average Bonchev–Trinajstić information content (AvgIpc) is 2.68. The number of carbonyl (C=O) groups is 1. The van der Waals surface area contributed by atoms with Gasteiger partial charge in [0.1, 0.15) is 5.75 Å². The van der Waals surface area contributed by atoms with Gasteiger partial charge < -0.3 is 10.1 Å². The smallest absolute Gasteiger partial charge is 0.197 e. The molecule has 4 rings (SSSR count). The second-order valence-corrected chi connectivity index (χ2v) is 6.28. The van der Waals surface area contributed by atoms with Crippen LogP contribution in [-0.4, -0.2) is 24.6 Å². The van der Waals surface area contributed by atoms with Crippen LogP contribution >= 0.6 is 0 Å². The van der Waals surface area contributed by atoms with E-state index >= 15 is 0 Å². The lowest BCUT2D eigenvalue weighted by atomic mass is 9.90. The number of rotatable bonds is 6.